The van der Waals surface area contributed by atoms with Crippen molar-refractivity contribution in [1.82, 2.24) is 0 Å². The van der Waals surface area contributed by atoms with Crippen molar-refractivity contribution in [3.63, 3.8) is 0 Å². The van der Waals surface area contributed by atoms with Gasteiger partial charge in [0.05, 0.1) is 0 Å². The van der Waals surface area contributed by atoms with Gasteiger partial charge in [0, 0.05) is 25.2 Å². The van der Waals surface area contributed by atoms with Gasteiger partial charge in [0.25, 0.3) is 0 Å². The third-order valence-corrected chi connectivity index (χ3v) is 4.22. The lowest BCUT2D eigenvalue weighted by Crippen LogP contribution is -2.21. The second-order valence-electron chi connectivity index (χ2n) is 4.06. The van der Waals surface area contributed by atoms with Crippen molar-refractivity contribution in [3.05, 3.63) is 62.0 Å². The van der Waals surface area contributed by atoms with E-state index >= 15 is 0 Å². The molecule has 0 amide bonds. The molecule has 0 fully saturated rings. The summed E-state index contributed by atoms with van der Waals surface area (Å²) in [6.45, 7) is 0. The van der Waals surface area contributed by atoms with E-state index in [4.69, 9.17) is 11.6 Å². The molecule has 6 heteroatoms. The number of carboxylic acid groups (broad SMARTS) is 1. The van der Waals surface area contributed by atoms with Gasteiger partial charge >= 0.3 is 5.97 Å². The fourth-order valence-corrected chi connectivity index (χ4v) is 2.75. The molecule has 2 aromatic carbocycles. The van der Waals surface area contributed by atoms with E-state index in [1.807, 2.05) is 18.2 Å². The summed E-state index contributed by atoms with van der Waals surface area (Å²) in [5.41, 5.74) is 1.19. The molecule has 2 rings (SSSR count). The second kappa shape index (κ2) is 6.61. The van der Waals surface area contributed by atoms with Crippen LogP contribution in [0.25, 0.3) is 0 Å². The van der Waals surface area contributed by atoms with Crippen LogP contribution in [-0.2, 0) is 4.79 Å². The Hall–Kier alpha value is -1.04. The molecule has 0 bridgehead atoms. The Labute approximate surface area is 138 Å². The lowest BCUT2D eigenvalue weighted by atomic mass is 10.1. The maximum atomic E-state index is 11.5. The van der Waals surface area contributed by atoms with Gasteiger partial charge in [-0.3, -0.25) is 0 Å². The predicted octanol–water partition coefficient (Wildman–Crippen LogP) is 5.10. The first-order valence-electron chi connectivity index (χ1n) is 5.68. The van der Waals surface area contributed by atoms with Crippen molar-refractivity contribution < 1.29 is 9.90 Å². The summed E-state index contributed by atoms with van der Waals surface area (Å²) in [4.78, 5) is 11.5. The monoisotopic (exact) mass is 417 g/mol. The number of hydrogen-bond donors (Lipinski definition) is 2. The lowest BCUT2D eigenvalue weighted by molar-refractivity contribution is -0.138. The summed E-state index contributed by atoms with van der Waals surface area (Å²) >= 11 is 12.8. The van der Waals surface area contributed by atoms with E-state index in [9.17, 15) is 9.90 Å². The molecule has 0 heterocycles. The molecule has 0 saturated carbocycles. The number of rotatable bonds is 4. The van der Waals surface area contributed by atoms with E-state index in [0.717, 1.165) is 8.95 Å². The molecule has 20 heavy (non-hydrogen) atoms. The molecule has 0 radical (unpaired) electrons. The highest BCUT2D eigenvalue weighted by Crippen LogP contribution is 2.31. The van der Waals surface area contributed by atoms with Crippen molar-refractivity contribution >= 4 is 55.1 Å². The molecule has 2 aromatic rings. The predicted molar refractivity (Wildman–Crippen MR) is 87.3 cm³/mol. The molecule has 0 aliphatic rings. The Morgan fingerprint density at radius 3 is 2.55 bits per heavy atom. The van der Waals surface area contributed by atoms with Crippen LogP contribution in [0.1, 0.15) is 11.6 Å². The molecular weight excluding hydrogens is 409 g/mol. The zero-order valence-electron chi connectivity index (χ0n) is 10.1. The number of para-hydroxylation sites is 1. The largest absolute Gasteiger partial charge is 0.479 e. The fraction of sp³-hybridized carbons (Fsp3) is 0.0714. The van der Waals surface area contributed by atoms with Crippen LogP contribution in [0.5, 0.6) is 0 Å². The van der Waals surface area contributed by atoms with Gasteiger partial charge in [-0.1, -0.05) is 39.7 Å². The van der Waals surface area contributed by atoms with Crippen molar-refractivity contribution in [2.45, 2.75) is 6.04 Å². The van der Waals surface area contributed by atoms with E-state index in [0.29, 0.717) is 16.3 Å². The normalized spacial score (nSPS) is 11.9. The van der Waals surface area contributed by atoms with Crippen LogP contribution < -0.4 is 5.32 Å². The number of nitrogens with one attached hydrogen (secondary N) is 1. The summed E-state index contributed by atoms with van der Waals surface area (Å²) in [6.07, 6.45) is 0. The highest BCUT2D eigenvalue weighted by molar-refractivity contribution is 9.10. The average Bonchev–Trinajstić information content (AvgIpc) is 2.40. The Morgan fingerprint density at radius 2 is 1.90 bits per heavy atom. The lowest BCUT2D eigenvalue weighted by Gasteiger charge is -2.18. The van der Waals surface area contributed by atoms with E-state index < -0.39 is 12.0 Å². The van der Waals surface area contributed by atoms with Gasteiger partial charge in [-0.2, -0.15) is 0 Å². The standard InChI is InChI=1S/C14H10Br2ClNO2/c15-8-5-6-11(17)9(7-8)13(14(19)20)18-12-4-2-1-3-10(12)16/h1-7,13,18H,(H,19,20). The minimum Gasteiger partial charge on any atom is -0.479 e. The average molecular weight is 420 g/mol. The highest BCUT2D eigenvalue weighted by atomic mass is 79.9. The Kier molecular flexibility index (Phi) is 5.07. The van der Waals surface area contributed by atoms with Gasteiger partial charge in [0.2, 0.25) is 0 Å². The van der Waals surface area contributed by atoms with Gasteiger partial charge < -0.3 is 10.4 Å². The van der Waals surface area contributed by atoms with Crippen LogP contribution in [0.3, 0.4) is 0 Å². The Morgan fingerprint density at radius 1 is 1.20 bits per heavy atom. The maximum absolute atomic E-state index is 11.5. The zero-order valence-corrected chi connectivity index (χ0v) is 14.0. The third-order valence-electron chi connectivity index (χ3n) is 2.69. The van der Waals surface area contributed by atoms with Crippen molar-refractivity contribution in [3.8, 4) is 0 Å². The number of aliphatic carboxylic acids is 1. The molecule has 0 spiro atoms. The third kappa shape index (κ3) is 3.53. The molecule has 1 atom stereocenters. The van der Waals surface area contributed by atoms with Gasteiger partial charge in [-0.15, -0.1) is 0 Å². The number of hydrogen-bond acceptors (Lipinski definition) is 2. The van der Waals surface area contributed by atoms with Crippen LogP contribution in [-0.4, -0.2) is 11.1 Å². The highest BCUT2D eigenvalue weighted by Gasteiger charge is 2.23. The summed E-state index contributed by atoms with van der Waals surface area (Å²) < 4.78 is 1.56. The maximum Gasteiger partial charge on any atom is 0.330 e. The molecule has 0 aromatic heterocycles. The van der Waals surface area contributed by atoms with E-state index in [2.05, 4.69) is 37.2 Å². The first-order valence-corrected chi connectivity index (χ1v) is 7.64. The SMILES string of the molecule is O=C(O)C(Nc1ccccc1Br)c1cc(Br)ccc1Cl. The van der Waals surface area contributed by atoms with Gasteiger partial charge in [0.1, 0.15) is 0 Å². The molecule has 104 valence electrons. The minimum atomic E-state index is -0.999. The zero-order chi connectivity index (χ0) is 14.7. The Bertz CT molecular complexity index is 649. The summed E-state index contributed by atoms with van der Waals surface area (Å²) in [5.74, 6) is -0.999. The van der Waals surface area contributed by atoms with Gasteiger partial charge in [-0.05, 0) is 46.3 Å². The van der Waals surface area contributed by atoms with Crippen molar-refractivity contribution in [2.24, 2.45) is 0 Å². The summed E-state index contributed by atoms with van der Waals surface area (Å²) in [5, 5.41) is 12.8. The second-order valence-corrected chi connectivity index (χ2v) is 6.24. The number of carbonyl (C=O) groups is 1. The molecule has 0 aliphatic heterocycles. The van der Waals surface area contributed by atoms with E-state index in [1.54, 1.807) is 24.3 Å². The van der Waals surface area contributed by atoms with Crippen LogP contribution in [0, 0.1) is 0 Å². The van der Waals surface area contributed by atoms with Crippen LogP contribution >= 0.6 is 43.5 Å². The van der Waals surface area contributed by atoms with Crippen LogP contribution in [0.15, 0.2) is 51.4 Å². The topological polar surface area (TPSA) is 49.3 Å². The smallest absolute Gasteiger partial charge is 0.330 e. The minimum absolute atomic E-state index is 0.403. The van der Waals surface area contributed by atoms with E-state index in [-0.39, 0.29) is 0 Å². The molecule has 2 N–H and O–H groups in total. The molecule has 0 saturated heterocycles. The Balaban J connectivity index is 2.40. The summed E-state index contributed by atoms with van der Waals surface area (Å²) in [6, 6.07) is 11.5. The van der Waals surface area contributed by atoms with Crippen molar-refractivity contribution in [1.29, 1.82) is 0 Å². The van der Waals surface area contributed by atoms with Gasteiger partial charge in [-0.25, -0.2) is 4.79 Å². The molecule has 0 aliphatic carbocycles. The summed E-state index contributed by atoms with van der Waals surface area (Å²) in [7, 11) is 0. The van der Waals surface area contributed by atoms with Crippen LogP contribution in [0.4, 0.5) is 5.69 Å². The first-order chi connectivity index (χ1) is 9.49. The quantitative estimate of drug-likeness (QED) is 0.725. The molecular formula is C14H10Br2ClNO2. The molecule has 3 nitrogen and oxygen atoms in total. The number of halogens is 3. The number of anilines is 1. The van der Waals surface area contributed by atoms with E-state index in [1.165, 1.54) is 0 Å². The van der Waals surface area contributed by atoms with Crippen LogP contribution in [0.2, 0.25) is 5.02 Å². The molecule has 1 unspecified atom stereocenters. The first kappa shape index (κ1) is 15.4. The fourth-order valence-electron chi connectivity index (χ4n) is 1.74. The number of carboxylic acids is 1. The van der Waals surface area contributed by atoms with Crippen molar-refractivity contribution in [2.75, 3.05) is 5.32 Å². The van der Waals surface area contributed by atoms with Gasteiger partial charge in [0.15, 0.2) is 6.04 Å². The number of benzene rings is 2.